The van der Waals surface area contributed by atoms with E-state index in [0.717, 1.165) is 28.3 Å². The van der Waals surface area contributed by atoms with Crippen molar-refractivity contribution in [1.82, 2.24) is 8.87 Å². The van der Waals surface area contributed by atoms with Gasteiger partial charge in [0.25, 0.3) is 5.91 Å². The number of carbonyl (C=O) groups is 1. The zero-order chi connectivity index (χ0) is 25.6. The number of hydrogen-bond donors (Lipinski definition) is 0. The summed E-state index contributed by atoms with van der Waals surface area (Å²) in [6, 6.07) is 15.4. The molecular weight excluding hydrogens is 474 g/mol. The number of rotatable bonds is 5. The Morgan fingerprint density at radius 1 is 0.972 bits per heavy atom. The smallest absolute Gasteiger partial charge is 0.258 e. The molecule has 3 aromatic rings. The van der Waals surface area contributed by atoms with Gasteiger partial charge >= 0.3 is 0 Å². The highest BCUT2D eigenvalue weighted by Crippen LogP contribution is 2.40. The predicted molar refractivity (Wildman–Crippen MR) is 142 cm³/mol. The molecule has 0 unspecified atom stereocenters. The van der Waals surface area contributed by atoms with Crippen LogP contribution < -0.4 is 4.90 Å². The summed E-state index contributed by atoms with van der Waals surface area (Å²) >= 11 is 0. The molecule has 3 heterocycles. The molecule has 1 fully saturated rings. The van der Waals surface area contributed by atoms with Gasteiger partial charge in [0.1, 0.15) is 0 Å². The SMILES string of the molecule is CCN1C(=O)/C(=C\c2cc(C)n(-c3ccc(C)cc3)c2C)c2cc(S(=O)(=O)N3CCOCC3)ccc21. The van der Waals surface area contributed by atoms with E-state index in [2.05, 4.69) is 41.8 Å². The molecule has 0 radical (unpaired) electrons. The van der Waals surface area contributed by atoms with Crippen molar-refractivity contribution in [1.29, 1.82) is 0 Å². The number of benzene rings is 2. The highest BCUT2D eigenvalue weighted by molar-refractivity contribution is 7.89. The van der Waals surface area contributed by atoms with Crippen LogP contribution in [0.15, 0.2) is 53.4 Å². The van der Waals surface area contributed by atoms with Gasteiger partial charge in [-0.2, -0.15) is 4.31 Å². The van der Waals surface area contributed by atoms with Crippen LogP contribution in [0.4, 0.5) is 5.69 Å². The van der Waals surface area contributed by atoms with Crippen molar-refractivity contribution >= 4 is 33.3 Å². The number of amides is 1. The van der Waals surface area contributed by atoms with Crippen LogP contribution in [0.2, 0.25) is 0 Å². The summed E-state index contributed by atoms with van der Waals surface area (Å²) in [4.78, 5) is 15.3. The van der Waals surface area contributed by atoms with E-state index in [-0.39, 0.29) is 10.8 Å². The van der Waals surface area contributed by atoms with Crippen LogP contribution in [0.5, 0.6) is 0 Å². The van der Waals surface area contributed by atoms with E-state index in [9.17, 15) is 13.2 Å². The maximum Gasteiger partial charge on any atom is 0.258 e. The minimum Gasteiger partial charge on any atom is -0.379 e. The van der Waals surface area contributed by atoms with Crippen molar-refractivity contribution in [3.63, 3.8) is 0 Å². The quantitative estimate of drug-likeness (QED) is 0.484. The van der Waals surface area contributed by atoms with Gasteiger partial charge in [-0.25, -0.2) is 8.42 Å². The third-order valence-corrected chi connectivity index (χ3v) is 8.91. The third kappa shape index (κ3) is 4.09. The second kappa shape index (κ2) is 9.35. The molecule has 0 atom stereocenters. The summed E-state index contributed by atoms with van der Waals surface area (Å²) < 4.78 is 35.6. The van der Waals surface area contributed by atoms with Gasteiger partial charge in [0.05, 0.1) is 23.8 Å². The maximum atomic E-state index is 13.4. The number of nitrogens with zero attached hydrogens (tertiary/aromatic N) is 3. The van der Waals surface area contributed by atoms with E-state index in [1.54, 1.807) is 23.1 Å². The van der Waals surface area contributed by atoms with Gasteiger partial charge in [-0.1, -0.05) is 17.7 Å². The van der Waals surface area contributed by atoms with Crippen molar-refractivity contribution in [2.75, 3.05) is 37.7 Å². The highest BCUT2D eigenvalue weighted by Gasteiger charge is 2.34. The van der Waals surface area contributed by atoms with E-state index in [1.165, 1.54) is 9.87 Å². The Labute approximate surface area is 212 Å². The summed E-state index contributed by atoms with van der Waals surface area (Å²) in [6.45, 7) is 9.99. The average Bonchev–Trinajstić information content (AvgIpc) is 3.31. The molecule has 5 rings (SSSR count). The molecule has 0 saturated carbocycles. The summed E-state index contributed by atoms with van der Waals surface area (Å²) in [6.07, 6.45) is 1.90. The molecule has 0 N–H and O–H groups in total. The Balaban J connectivity index is 1.60. The first-order valence-corrected chi connectivity index (χ1v) is 13.7. The summed E-state index contributed by atoms with van der Waals surface area (Å²) in [7, 11) is -3.68. The van der Waals surface area contributed by atoms with E-state index < -0.39 is 10.0 Å². The van der Waals surface area contributed by atoms with Gasteiger partial charge in [-0.05, 0) is 75.7 Å². The Morgan fingerprint density at radius 3 is 2.33 bits per heavy atom. The number of carbonyl (C=O) groups excluding carboxylic acids is 1. The van der Waals surface area contributed by atoms with Crippen LogP contribution in [0.25, 0.3) is 17.3 Å². The topological polar surface area (TPSA) is 71.9 Å². The number of likely N-dealkylation sites (N-methyl/N-ethyl adjacent to an activating group) is 1. The number of morpholine rings is 1. The monoisotopic (exact) mass is 505 g/mol. The van der Waals surface area contributed by atoms with Crippen molar-refractivity contribution in [2.45, 2.75) is 32.6 Å². The minimum absolute atomic E-state index is 0.117. The van der Waals surface area contributed by atoms with Crippen molar-refractivity contribution < 1.29 is 17.9 Å². The van der Waals surface area contributed by atoms with Gasteiger partial charge in [-0.3, -0.25) is 4.79 Å². The Kier molecular flexibility index (Phi) is 6.36. The molecule has 1 amide bonds. The molecule has 0 aliphatic carbocycles. The second-order valence-corrected chi connectivity index (χ2v) is 11.2. The van der Waals surface area contributed by atoms with Crippen molar-refractivity contribution in [3.8, 4) is 5.69 Å². The van der Waals surface area contributed by atoms with Crippen LogP contribution in [0, 0.1) is 20.8 Å². The first-order chi connectivity index (χ1) is 17.2. The minimum atomic E-state index is -3.68. The lowest BCUT2D eigenvalue weighted by Crippen LogP contribution is -2.40. The fourth-order valence-electron chi connectivity index (χ4n) is 5.07. The van der Waals surface area contributed by atoms with Crippen LogP contribution in [0.1, 0.15) is 35.0 Å². The lowest BCUT2D eigenvalue weighted by molar-refractivity contribution is -0.112. The summed E-state index contributed by atoms with van der Waals surface area (Å²) in [5.74, 6) is -0.117. The number of hydrogen-bond acceptors (Lipinski definition) is 4. The molecule has 7 nitrogen and oxygen atoms in total. The maximum absolute atomic E-state index is 13.4. The predicted octanol–water partition coefficient (Wildman–Crippen LogP) is 4.33. The van der Waals surface area contributed by atoms with Gasteiger partial charge in [0.2, 0.25) is 10.0 Å². The normalized spacial score (nSPS) is 17.7. The average molecular weight is 506 g/mol. The number of anilines is 1. The van der Waals surface area contributed by atoms with E-state index in [1.807, 2.05) is 26.8 Å². The lowest BCUT2D eigenvalue weighted by atomic mass is 10.0. The van der Waals surface area contributed by atoms with Crippen LogP contribution in [-0.4, -0.2) is 56.0 Å². The number of aryl methyl sites for hydroxylation is 2. The first-order valence-electron chi connectivity index (χ1n) is 12.2. The van der Waals surface area contributed by atoms with Crippen LogP contribution in [0.3, 0.4) is 0 Å². The van der Waals surface area contributed by atoms with Gasteiger partial charge in [0, 0.05) is 47.8 Å². The van der Waals surface area contributed by atoms with Crippen molar-refractivity contribution in [2.24, 2.45) is 0 Å². The first kappa shape index (κ1) is 24.5. The zero-order valence-electron chi connectivity index (χ0n) is 21.1. The van der Waals surface area contributed by atoms with Gasteiger partial charge < -0.3 is 14.2 Å². The van der Waals surface area contributed by atoms with Crippen molar-refractivity contribution in [3.05, 3.63) is 76.6 Å². The molecule has 2 aromatic carbocycles. The van der Waals surface area contributed by atoms with Gasteiger partial charge in [0.15, 0.2) is 0 Å². The number of ether oxygens (including phenoxy) is 1. The molecule has 8 heteroatoms. The molecule has 0 spiro atoms. The van der Waals surface area contributed by atoms with Crippen LogP contribution in [-0.2, 0) is 19.6 Å². The third-order valence-electron chi connectivity index (χ3n) is 7.01. The lowest BCUT2D eigenvalue weighted by Gasteiger charge is -2.26. The largest absolute Gasteiger partial charge is 0.379 e. The molecule has 2 aliphatic rings. The Bertz CT molecular complexity index is 1460. The number of aromatic nitrogens is 1. The number of sulfonamides is 1. The van der Waals surface area contributed by atoms with Gasteiger partial charge in [-0.15, -0.1) is 0 Å². The number of fused-ring (bicyclic) bond motifs is 1. The molecule has 1 saturated heterocycles. The molecule has 2 aliphatic heterocycles. The fourth-order valence-corrected chi connectivity index (χ4v) is 6.50. The molecule has 188 valence electrons. The second-order valence-electron chi connectivity index (χ2n) is 9.30. The molecule has 36 heavy (non-hydrogen) atoms. The molecule has 1 aromatic heterocycles. The Morgan fingerprint density at radius 2 is 1.67 bits per heavy atom. The molecule has 0 bridgehead atoms. The summed E-state index contributed by atoms with van der Waals surface area (Å²) in [5, 5.41) is 0. The van der Waals surface area contributed by atoms with E-state index in [4.69, 9.17) is 4.74 Å². The summed E-state index contributed by atoms with van der Waals surface area (Å²) in [5.41, 5.74) is 7.16. The van der Waals surface area contributed by atoms with E-state index >= 15 is 0 Å². The zero-order valence-corrected chi connectivity index (χ0v) is 21.9. The standard InChI is InChI=1S/C28H31N3O4S/c1-5-30-27-11-10-24(36(33,34)29-12-14-35-15-13-29)18-25(27)26(28(30)32)17-22-16-20(3)31(21(22)4)23-8-6-19(2)7-9-23/h6-11,16-18H,5,12-15H2,1-4H3/b26-17-. The van der Waals surface area contributed by atoms with E-state index in [0.29, 0.717) is 44.0 Å². The molecular formula is C28H31N3O4S. The van der Waals surface area contributed by atoms with Crippen LogP contribution >= 0.6 is 0 Å². The fraction of sp³-hybridized carbons (Fsp3) is 0.321. The Hall–Kier alpha value is -3.20. The highest BCUT2D eigenvalue weighted by atomic mass is 32.2.